The molecule has 3 fully saturated rings. The third-order valence-corrected chi connectivity index (χ3v) is 7.53. The molecule has 3 aliphatic rings. The molecule has 0 aromatic heterocycles. The number of hydrogen-bond donors (Lipinski definition) is 0. The Labute approximate surface area is 157 Å². The van der Waals surface area contributed by atoms with Crippen LogP contribution < -0.4 is 0 Å². The first kappa shape index (κ1) is 20.0. The van der Waals surface area contributed by atoms with Crippen molar-refractivity contribution in [1.29, 1.82) is 0 Å². The summed E-state index contributed by atoms with van der Waals surface area (Å²) in [6.45, 7) is 7.48. The maximum absolute atomic E-state index is 12.9. The van der Waals surface area contributed by atoms with Crippen LogP contribution in [0, 0.1) is 5.41 Å². The predicted molar refractivity (Wildman–Crippen MR) is 100 cm³/mol. The largest absolute Gasteiger partial charge is 0.379 e. The predicted octanol–water partition coefficient (Wildman–Crippen LogP) is 0.761. The molecular weight excluding hydrogens is 354 g/mol. The molecule has 2 saturated heterocycles. The Morgan fingerprint density at radius 3 is 2.35 bits per heavy atom. The van der Waals surface area contributed by atoms with E-state index in [0.29, 0.717) is 32.8 Å². The number of amides is 1. The average Bonchev–Trinajstić information content (AvgIpc) is 2.56. The molecule has 2 aliphatic heterocycles. The molecular formula is C18H33N3O4S. The van der Waals surface area contributed by atoms with Crippen LogP contribution in [0.3, 0.4) is 0 Å². The van der Waals surface area contributed by atoms with E-state index in [9.17, 15) is 13.2 Å². The molecule has 0 atom stereocenters. The number of ether oxygens (including phenoxy) is 1. The fourth-order valence-corrected chi connectivity index (χ4v) is 5.50. The van der Waals surface area contributed by atoms with E-state index in [0.717, 1.165) is 45.3 Å². The summed E-state index contributed by atoms with van der Waals surface area (Å²) in [5.74, 6) is 0.218. The zero-order valence-corrected chi connectivity index (χ0v) is 17.0. The Hall–Kier alpha value is -0.700. The summed E-state index contributed by atoms with van der Waals surface area (Å²) in [6, 6.07) is -0.0813. The van der Waals surface area contributed by atoms with Gasteiger partial charge in [-0.05, 0) is 12.8 Å². The Balaban J connectivity index is 1.54. The summed E-state index contributed by atoms with van der Waals surface area (Å²) in [7, 11) is -3.28. The number of likely N-dealkylation sites (tertiary alicyclic amines) is 1. The van der Waals surface area contributed by atoms with Crippen LogP contribution in [-0.2, 0) is 19.6 Å². The summed E-state index contributed by atoms with van der Waals surface area (Å²) in [5.41, 5.74) is -0.243. The number of carbonyl (C=O) groups is 1. The van der Waals surface area contributed by atoms with Crippen molar-refractivity contribution in [2.24, 2.45) is 5.41 Å². The lowest BCUT2D eigenvalue weighted by Crippen LogP contribution is -2.65. The van der Waals surface area contributed by atoms with Crippen molar-refractivity contribution in [3.05, 3.63) is 0 Å². The number of carbonyl (C=O) groups excluding carboxylic acids is 1. The highest BCUT2D eigenvalue weighted by atomic mass is 32.2. The lowest BCUT2D eigenvalue weighted by atomic mass is 9.74. The van der Waals surface area contributed by atoms with E-state index >= 15 is 0 Å². The molecule has 0 aromatic rings. The van der Waals surface area contributed by atoms with Gasteiger partial charge in [-0.15, -0.1) is 0 Å². The summed E-state index contributed by atoms with van der Waals surface area (Å²) >= 11 is 0. The summed E-state index contributed by atoms with van der Waals surface area (Å²) in [6.07, 6.45) is 6.65. The van der Waals surface area contributed by atoms with Crippen LogP contribution in [-0.4, -0.2) is 93.2 Å². The van der Waals surface area contributed by atoms with E-state index in [-0.39, 0.29) is 17.4 Å². The van der Waals surface area contributed by atoms with Gasteiger partial charge in [-0.3, -0.25) is 9.69 Å². The quantitative estimate of drug-likeness (QED) is 0.673. The second-order valence-electron chi connectivity index (χ2n) is 8.31. The van der Waals surface area contributed by atoms with Gasteiger partial charge in [0.2, 0.25) is 15.9 Å². The molecule has 1 amide bonds. The van der Waals surface area contributed by atoms with Gasteiger partial charge in [-0.1, -0.05) is 26.2 Å². The van der Waals surface area contributed by atoms with Gasteiger partial charge in [-0.2, -0.15) is 4.31 Å². The first-order valence-electron chi connectivity index (χ1n) is 9.86. The Morgan fingerprint density at radius 1 is 1.15 bits per heavy atom. The molecule has 0 N–H and O–H groups in total. The van der Waals surface area contributed by atoms with E-state index in [1.165, 1.54) is 12.7 Å². The molecule has 0 aromatic carbocycles. The van der Waals surface area contributed by atoms with Crippen LogP contribution in [0.5, 0.6) is 0 Å². The van der Waals surface area contributed by atoms with Crippen LogP contribution >= 0.6 is 0 Å². The van der Waals surface area contributed by atoms with Crippen molar-refractivity contribution in [3.8, 4) is 0 Å². The van der Waals surface area contributed by atoms with E-state index in [1.807, 2.05) is 4.90 Å². The zero-order valence-electron chi connectivity index (χ0n) is 16.2. The van der Waals surface area contributed by atoms with Gasteiger partial charge in [-0.25, -0.2) is 8.42 Å². The lowest BCUT2D eigenvalue weighted by Gasteiger charge is -2.48. The average molecular weight is 388 g/mol. The minimum Gasteiger partial charge on any atom is -0.379 e. The van der Waals surface area contributed by atoms with Crippen molar-refractivity contribution in [3.63, 3.8) is 0 Å². The molecule has 8 heteroatoms. The van der Waals surface area contributed by atoms with Gasteiger partial charge < -0.3 is 9.64 Å². The highest BCUT2D eigenvalue weighted by Crippen LogP contribution is 2.38. The lowest BCUT2D eigenvalue weighted by molar-refractivity contribution is -0.149. The standard InChI is InChI=1S/C18H33N3O4S/c1-18(6-4-3-5-7-18)17(22)20-14-16(15-20)21(26(2,23)24)9-8-19-10-12-25-13-11-19/h16H,3-15H2,1-2H3. The zero-order chi connectivity index (χ0) is 18.8. The maximum Gasteiger partial charge on any atom is 0.228 e. The summed E-state index contributed by atoms with van der Waals surface area (Å²) in [5, 5.41) is 0. The molecule has 0 radical (unpaired) electrons. The molecule has 0 bridgehead atoms. The van der Waals surface area contributed by atoms with Crippen LogP contribution in [0.1, 0.15) is 39.0 Å². The molecule has 0 unspecified atom stereocenters. The molecule has 150 valence electrons. The molecule has 26 heavy (non-hydrogen) atoms. The van der Waals surface area contributed by atoms with Crippen molar-refractivity contribution in [1.82, 2.24) is 14.1 Å². The topological polar surface area (TPSA) is 70.2 Å². The molecule has 2 heterocycles. The van der Waals surface area contributed by atoms with E-state index < -0.39 is 10.0 Å². The molecule has 1 saturated carbocycles. The van der Waals surface area contributed by atoms with Crippen LogP contribution in [0.15, 0.2) is 0 Å². The SMILES string of the molecule is CC1(C(=O)N2CC(N(CCN3CCOCC3)S(C)(=O)=O)C2)CCCCC1. The van der Waals surface area contributed by atoms with Crippen molar-refractivity contribution in [2.45, 2.75) is 45.1 Å². The summed E-state index contributed by atoms with van der Waals surface area (Å²) in [4.78, 5) is 17.0. The highest BCUT2D eigenvalue weighted by molar-refractivity contribution is 7.88. The van der Waals surface area contributed by atoms with Gasteiger partial charge in [0.15, 0.2) is 0 Å². The molecule has 1 aliphatic carbocycles. The monoisotopic (exact) mass is 387 g/mol. The number of hydrogen-bond acceptors (Lipinski definition) is 5. The molecule has 3 rings (SSSR count). The summed E-state index contributed by atoms with van der Waals surface area (Å²) < 4.78 is 31.5. The molecule has 7 nitrogen and oxygen atoms in total. The van der Waals surface area contributed by atoms with Gasteiger partial charge in [0.1, 0.15) is 0 Å². The van der Waals surface area contributed by atoms with E-state index in [2.05, 4.69) is 11.8 Å². The van der Waals surface area contributed by atoms with Crippen molar-refractivity contribution >= 4 is 15.9 Å². The minimum atomic E-state index is -3.28. The van der Waals surface area contributed by atoms with Crippen LogP contribution in [0.4, 0.5) is 0 Å². The van der Waals surface area contributed by atoms with Gasteiger partial charge in [0.25, 0.3) is 0 Å². The third-order valence-electron chi connectivity index (χ3n) is 6.20. The smallest absolute Gasteiger partial charge is 0.228 e. The third kappa shape index (κ3) is 4.58. The Kier molecular flexibility index (Phi) is 6.26. The van der Waals surface area contributed by atoms with Gasteiger partial charge in [0, 0.05) is 44.7 Å². The second kappa shape index (κ2) is 8.12. The minimum absolute atomic E-state index is 0.0813. The highest BCUT2D eigenvalue weighted by Gasteiger charge is 2.45. The second-order valence-corrected chi connectivity index (χ2v) is 10.2. The number of nitrogens with zero attached hydrogens (tertiary/aromatic N) is 3. The maximum atomic E-state index is 12.9. The van der Waals surface area contributed by atoms with Crippen LogP contribution in [0.2, 0.25) is 0 Å². The van der Waals surface area contributed by atoms with Crippen molar-refractivity contribution < 1.29 is 17.9 Å². The van der Waals surface area contributed by atoms with Gasteiger partial charge in [0.05, 0.1) is 25.5 Å². The van der Waals surface area contributed by atoms with Crippen LogP contribution in [0.25, 0.3) is 0 Å². The number of sulfonamides is 1. The molecule has 0 spiro atoms. The fraction of sp³-hybridized carbons (Fsp3) is 0.944. The van der Waals surface area contributed by atoms with E-state index in [4.69, 9.17) is 4.74 Å². The Morgan fingerprint density at radius 2 is 1.77 bits per heavy atom. The first-order chi connectivity index (χ1) is 12.3. The van der Waals surface area contributed by atoms with E-state index in [1.54, 1.807) is 4.31 Å². The number of morpholine rings is 1. The van der Waals surface area contributed by atoms with Gasteiger partial charge >= 0.3 is 0 Å². The number of rotatable bonds is 6. The van der Waals surface area contributed by atoms with Crippen molar-refractivity contribution in [2.75, 3.05) is 58.7 Å². The first-order valence-corrected chi connectivity index (χ1v) is 11.7. The fourth-order valence-electron chi connectivity index (χ4n) is 4.41. The normalized spacial score (nSPS) is 25.3. The Bertz CT molecular complexity index is 592.